The van der Waals surface area contributed by atoms with Gasteiger partial charge < -0.3 is 4.74 Å². The van der Waals surface area contributed by atoms with Crippen LogP contribution in [0.25, 0.3) is 5.57 Å². The van der Waals surface area contributed by atoms with Crippen molar-refractivity contribution in [2.75, 3.05) is 7.11 Å². The van der Waals surface area contributed by atoms with E-state index in [2.05, 4.69) is 6.58 Å². The second-order valence-electron chi connectivity index (χ2n) is 3.22. The first-order valence-corrected chi connectivity index (χ1v) is 4.88. The Labute approximate surface area is 98.2 Å². The van der Waals surface area contributed by atoms with Crippen LogP contribution in [0, 0.1) is 0 Å². The summed E-state index contributed by atoms with van der Waals surface area (Å²) in [5, 5.41) is 0. The van der Waals surface area contributed by atoms with Crippen molar-refractivity contribution >= 4 is 11.9 Å². The minimum atomic E-state index is -2.57. The predicted octanol–water partition coefficient (Wildman–Crippen LogP) is 3.40. The van der Waals surface area contributed by atoms with Crippen molar-refractivity contribution < 1.29 is 18.3 Å². The van der Waals surface area contributed by atoms with Crippen LogP contribution in [0.15, 0.2) is 36.9 Å². The van der Waals surface area contributed by atoms with E-state index in [0.29, 0.717) is 23.2 Å². The molecule has 1 rings (SSSR count). The zero-order valence-corrected chi connectivity index (χ0v) is 9.32. The summed E-state index contributed by atoms with van der Waals surface area (Å²) in [7, 11) is 1.43. The smallest absolute Gasteiger partial charge is 0.263 e. The minimum Gasteiger partial charge on any atom is -0.496 e. The topological polar surface area (TPSA) is 26.3 Å². The molecule has 1 aromatic rings. The second-order valence-corrected chi connectivity index (χ2v) is 3.22. The Balaban J connectivity index is 3.36. The summed E-state index contributed by atoms with van der Waals surface area (Å²) in [6, 6.07) is 4.02. The number of hydrogen-bond donors (Lipinski definition) is 0. The maximum Gasteiger partial charge on any atom is 0.263 e. The number of carbonyl (C=O) groups excluding carboxylic acids is 1. The lowest BCUT2D eigenvalue weighted by molar-refractivity contribution is -0.104. The largest absolute Gasteiger partial charge is 0.496 e. The fourth-order valence-corrected chi connectivity index (χ4v) is 1.43. The number of carbonyl (C=O) groups is 1. The number of alkyl halides is 2. The molecule has 0 amide bonds. The number of benzene rings is 1. The zero-order chi connectivity index (χ0) is 12.8. The van der Waals surface area contributed by atoms with Gasteiger partial charge >= 0.3 is 0 Å². The molecular weight excluding hydrogens is 226 g/mol. The first-order chi connectivity index (χ1) is 8.13. The van der Waals surface area contributed by atoms with E-state index < -0.39 is 6.43 Å². The monoisotopic (exact) mass is 238 g/mol. The molecule has 0 unspecified atom stereocenters. The number of halogens is 2. The molecule has 0 aliphatic rings. The highest BCUT2D eigenvalue weighted by Crippen LogP contribution is 2.31. The normalized spacial score (nSPS) is 11.4. The van der Waals surface area contributed by atoms with Gasteiger partial charge in [-0.2, -0.15) is 0 Å². The van der Waals surface area contributed by atoms with Gasteiger partial charge in [-0.25, -0.2) is 8.78 Å². The standard InChI is InChI=1S/C13H12F2O2/c1-3-9(6-7-16)11-8-10(13(14)15)4-5-12(11)17-2/h3-8,13H,1H2,2H3/b9-6-. The van der Waals surface area contributed by atoms with Gasteiger partial charge in [-0.3, -0.25) is 4.79 Å². The molecule has 90 valence electrons. The minimum absolute atomic E-state index is 0.126. The molecular formula is C13H12F2O2. The van der Waals surface area contributed by atoms with E-state index in [-0.39, 0.29) is 5.56 Å². The Bertz CT molecular complexity index is 451. The molecule has 0 fully saturated rings. The highest BCUT2D eigenvalue weighted by atomic mass is 19.3. The SMILES string of the molecule is C=C/C(=C/C=O)c1cc(C(F)F)ccc1OC. The predicted molar refractivity (Wildman–Crippen MR) is 62.2 cm³/mol. The molecule has 0 aromatic heterocycles. The number of hydrogen-bond acceptors (Lipinski definition) is 2. The van der Waals surface area contributed by atoms with E-state index in [1.54, 1.807) is 0 Å². The van der Waals surface area contributed by atoms with Crippen LogP contribution in [0.5, 0.6) is 5.75 Å². The lowest BCUT2D eigenvalue weighted by Crippen LogP contribution is -1.94. The van der Waals surface area contributed by atoms with Crippen LogP contribution in [-0.4, -0.2) is 13.4 Å². The summed E-state index contributed by atoms with van der Waals surface area (Å²) in [5.41, 5.74) is 0.742. The number of methoxy groups -OCH3 is 1. The first kappa shape index (κ1) is 13.1. The quantitative estimate of drug-likeness (QED) is 0.446. The highest BCUT2D eigenvalue weighted by Gasteiger charge is 2.12. The van der Waals surface area contributed by atoms with Gasteiger partial charge in [0.15, 0.2) is 0 Å². The zero-order valence-electron chi connectivity index (χ0n) is 9.32. The molecule has 0 heterocycles. The van der Waals surface area contributed by atoms with E-state index in [4.69, 9.17) is 4.74 Å². The molecule has 0 atom stereocenters. The maximum atomic E-state index is 12.6. The summed E-state index contributed by atoms with van der Waals surface area (Å²) in [5.74, 6) is 0.419. The van der Waals surface area contributed by atoms with Gasteiger partial charge in [0, 0.05) is 11.1 Å². The highest BCUT2D eigenvalue weighted by molar-refractivity contribution is 5.88. The van der Waals surface area contributed by atoms with Crippen molar-refractivity contribution in [3.63, 3.8) is 0 Å². The molecule has 0 bridgehead atoms. The Morgan fingerprint density at radius 3 is 2.65 bits per heavy atom. The van der Waals surface area contributed by atoms with Crippen LogP contribution in [0.4, 0.5) is 8.78 Å². The summed E-state index contributed by atoms with van der Waals surface area (Å²) in [6.45, 7) is 3.54. The molecule has 0 radical (unpaired) electrons. The Morgan fingerprint density at radius 2 is 2.18 bits per heavy atom. The van der Waals surface area contributed by atoms with Gasteiger partial charge in [0.2, 0.25) is 0 Å². The third kappa shape index (κ3) is 3.00. The van der Waals surface area contributed by atoms with E-state index in [1.807, 2.05) is 0 Å². The second kappa shape index (κ2) is 5.94. The van der Waals surface area contributed by atoms with Crippen molar-refractivity contribution in [3.8, 4) is 5.75 Å². The molecule has 17 heavy (non-hydrogen) atoms. The first-order valence-electron chi connectivity index (χ1n) is 4.88. The number of allylic oxidation sites excluding steroid dienone is 3. The van der Waals surface area contributed by atoms with E-state index >= 15 is 0 Å². The van der Waals surface area contributed by atoms with Crippen LogP contribution in [0.3, 0.4) is 0 Å². The summed E-state index contributed by atoms with van der Waals surface area (Å²) < 4.78 is 30.2. The van der Waals surface area contributed by atoms with Crippen LogP contribution < -0.4 is 4.74 Å². The molecule has 0 saturated heterocycles. The average molecular weight is 238 g/mol. The lowest BCUT2D eigenvalue weighted by Gasteiger charge is -2.11. The number of aldehydes is 1. The van der Waals surface area contributed by atoms with Crippen molar-refractivity contribution in [1.29, 1.82) is 0 Å². The fraction of sp³-hybridized carbons (Fsp3) is 0.154. The van der Waals surface area contributed by atoms with Gasteiger partial charge in [-0.1, -0.05) is 12.7 Å². The molecule has 0 aliphatic heterocycles. The third-order valence-electron chi connectivity index (χ3n) is 2.25. The van der Waals surface area contributed by atoms with Crippen molar-refractivity contribution in [2.45, 2.75) is 6.43 Å². The molecule has 1 aromatic carbocycles. The Hall–Kier alpha value is -1.97. The van der Waals surface area contributed by atoms with Gasteiger partial charge in [0.25, 0.3) is 6.43 Å². The van der Waals surface area contributed by atoms with E-state index in [1.165, 1.54) is 37.5 Å². The van der Waals surface area contributed by atoms with Crippen LogP contribution >= 0.6 is 0 Å². The van der Waals surface area contributed by atoms with Gasteiger partial charge in [0.1, 0.15) is 12.0 Å². The molecule has 0 aliphatic carbocycles. The van der Waals surface area contributed by atoms with Crippen LogP contribution in [-0.2, 0) is 4.79 Å². The molecule has 4 heteroatoms. The van der Waals surface area contributed by atoms with Crippen LogP contribution in [0.1, 0.15) is 17.6 Å². The molecule has 0 N–H and O–H groups in total. The van der Waals surface area contributed by atoms with Crippen molar-refractivity contribution in [2.24, 2.45) is 0 Å². The van der Waals surface area contributed by atoms with Gasteiger partial charge in [-0.05, 0) is 29.8 Å². The van der Waals surface area contributed by atoms with E-state index in [0.717, 1.165) is 0 Å². The van der Waals surface area contributed by atoms with Gasteiger partial charge in [0.05, 0.1) is 7.11 Å². The third-order valence-corrected chi connectivity index (χ3v) is 2.25. The van der Waals surface area contributed by atoms with Crippen molar-refractivity contribution in [1.82, 2.24) is 0 Å². The van der Waals surface area contributed by atoms with Crippen LogP contribution in [0.2, 0.25) is 0 Å². The molecule has 0 saturated carbocycles. The number of rotatable bonds is 5. The van der Waals surface area contributed by atoms with Gasteiger partial charge in [-0.15, -0.1) is 0 Å². The summed E-state index contributed by atoms with van der Waals surface area (Å²) in [6.07, 6.45) is 0.676. The van der Waals surface area contributed by atoms with Crippen molar-refractivity contribution in [3.05, 3.63) is 48.1 Å². The number of ether oxygens (including phenoxy) is 1. The fourth-order valence-electron chi connectivity index (χ4n) is 1.43. The van der Waals surface area contributed by atoms with E-state index in [9.17, 15) is 13.6 Å². The lowest BCUT2D eigenvalue weighted by atomic mass is 10.0. The molecule has 0 spiro atoms. The average Bonchev–Trinajstić information content (AvgIpc) is 2.35. The Morgan fingerprint density at radius 1 is 1.47 bits per heavy atom. The summed E-state index contributed by atoms with van der Waals surface area (Å²) in [4.78, 5) is 10.5. The molecule has 2 nitrogen and oxygen atoms in total. The Kier molecular flexibility index (Phi) is 4.57. The summed E-state index contributed by atoms with van der Waals surface area (Å²) >= 11 is 0. The maximum absolute atomic E-state index is 12.6.